The molecule has 94 valence electrons. The highest BCUT2D eigenvalue weighted by Gasteiger charge is 2.47. The zero-order valence-electron chi connectivity index (χ0n) is 9.93. The van der Waals surface area contributed by atoms with Gasteiger partial charge in [0, 0.05) is 11.6 Å². The second-order valence-electron chi connectivity index (χ2n) is 4.42. The van der Waals surface area contributed by atoms with Crippen molar-refractivity contribution < 1.29 is 19.7 Å². The van der Waals surface area contributed by atoms with E-state index >= 15 is 0 Å². The number of hydrogen-bond acceptors (Lipinski definition) is 4. The minimum atomic E-state index is -1.05. The van der Waals surface area contributed by atoms with Crippen LogP contribution in [0.1, 0.15) is 30.4 Å². The molecular formula is C13H13NO4. The molecule has 0 saturated heterocycles. The zero-order valence-corrected chi connectivity index (χ0v) is 9.93. The number of rotatable bonds is 3. The molecule has 0 amide bonds. The van der Waals surface area contributed by atoms with Crippen molar-refractivity contribution in [2.45, 2.75) is 24.7 Å². The fraction of sp³-hybridized carbons (Fsp3) is 0.385. The Kier molecular flexibility index (Phi) is 2.87. The van der Waals surface area contributed by atoms with Gasteiger partial charge < -0.3 is 14.9 Å². The minimum absolute atomic E-state index is 0.132. The van der Waals surface area contributed by atoms with Crippen LogP contribution >= 0.6 is 0 Å². The first-order valence-electron chi connectivity index (χ1n) is 5.60. The number of carboxylic acid groups (broad SMARTS) is 1. The van der Waals surface area contributed by atoms with E-state index in [1.807, 2.05) is 6.07 Å². The van der Waals surface area contributed by atoms with Crippen LogP contribution in [0.25, 0.3) is 0 Å². The molecule has 5 nitrogen and oxygen atoms in total. The maximum Gasteiger partial charge on any atom is 0.314 e. The molecule has 1 aromatic carbocycles. The number of hydrogen-bond donors (Lipinski definition) is 2. The van der Waals surface area contributed by atoms with Crippen molar-refractivity contribution in [2.75, 3.05) is 7.11 Å². The van der Waals surface area contributed by atoms with Crippen LogP contribution in [-0.4, -0.2) is 23.3 Å². The molecule has 0 spiro atoms. The lowest BCUT2D eigenvalue weighted by Gasteiger charge is -2.38. The molecule has 1 aromatic rings. The summed E-state index contributed by atoms with van der Waals surface area (Å²) in [5.74, 6) is -0.843. The Morgan fingerprint density at radius 1 is 1.50 bits per heavy atom. The van der Waals surface area contributed by atoms with E-state index in [1.54, 1.807) is 0 Å². The predicted molar refractivity (Wildman–Crippen MR) is 62.5 cm³/mol. The van der Waals surface area contributed by atoms with Crippen molar-refractivity contribution in [3.05, 3.63) is 23.3 Å². The number of phenols is 1. The summed E-state index contributed by atoms with van der Waals surface area (Å²) in [6.07, 6.45) is 1.76. The third-order valence-electron chi connectivity index (χ3n) is 3.57. The van der Waals surface area contributed by atoms with Crippen LogP contribution in [0.2, 0.25) is 0 Å². The van der Waals surface area contributed by atoms with Gasteiger partial charge in [-0.05, 0) is 18.9 Å². The van der Waals surface area contributed by atoms with Crippen molar-refractivity contribution in [3.8, 4) is 17.6 Å². The Morgan fingerprint density at radius 2 is 2.17 bits per heavy atom. The molecule has 0 aliphatic heterocycles. The number of aliphatic carboxylic acids is 1. The number of carbonyl (C=O) groups is 1. The van der Waals surface area contributed by atoms with Gasteiger partial charge in [-0.1, -0.05) is 6.42 Å². The summed E-state index contributed by atoms with van der Waals surface area (Å²) in [7, 11) is 1.39. The molecule has 2 N–H and O–H groups in total. The lowest BCUT2D eigenvalue weighted by Crippen LogP contribution is -2.42. The fourth-order valence-electron chi connectivity index (χ4n) is 2.34. The first-order valence-corrected chi connectivity index (χ1v) is 5.60. The molecule has 0 radical (unpaired) electrons. The number of aromatic hydroxyl groups is 1. The Hall–Kier alpha value is -2.22. The predicted octanol–water partition coefficient (Wildman–Crippen LogP) is 1.78. The van der Waals surface area contributed by atoms with Crippen LogP contribution < -0.4 is 4.74 Å². The second kappa shape index (κ2) is 4.22. The van der Waals surface area contributed by atoms with Crippen LogP contribution in [0.15, 0.2) is 12.1 Å². The van der Waals surface area contributed by atoms with Crippen molar-refractivity contribution in [1.29, 1.82) is 5.26 Å². The average Bonchev–Trinajstić information content (AvgIpc) is 2.28. The molecule has 0 aromatic heterocycles. The Balaban J connectivity index is 2.59. The molecule has 1 aliphatic rings. The van der Waals surface area contributed by atoms with E-state index in [1.165, 1.54) is 19.2 Å². The maximum absolute atomic E-state index is 11.4. The number of benzene rings is 1. The first-order chi connectivity index (χ1) is 8.55. The van der Waals surface area contributed by atoms with Crippen LogP contribution in [-0.2, 0) is 10.2 Å². The molecule has 0 heterocycles. The SMILES string of the molecule is COc1cc(O)c(C2(C(=O)O)CCC2)cc1C#N. The van der Waals surface area contributed by atoms with Crippen LogP contribution in [0.5, 0.6) is 11.5 Å². The van der Waals surface area contributed by atoms with Crippen molar-refractivity contribution in [2.24, 2.45) is 0 Å². The zero-order chi connectivity index (χ0) is 13.3. The summed E-state index contributed by atoms with van der Waals surface area (Å²) in [6.45, 7) is 0. The molecule has 1 aliphatic carbocycles. The Morgan fingerprint density at radius 3 is 2.56 bits per heavy atom. The normalized spacial score (nSPS) is 16.4. The summed E-state index contributed by atoms with van der Waals surface area (Å²) in [4.78, 5) is 11.4. The van der Waals surface area contributed by atoms with Crippen molar-refractivity contribution in [3.63, 3.8) is 0 Å². The lowest BCUT2D eigenvalue weighted by atomic mass is 9.64. The first kappa shape index (κ1) is 12.2. The molecule has 1 saturated carbocycles. The molecule has 2 rings (SSSR count). The third-order valence-corrected chi connectivity index (χ3v) is 3.57. The maximum atomic E-state index is 11.4. The molecule has 0 bridgehead atoms. The highest BCUT2D eigenvalue weighted by atomic mass is 16.5. The van der Waals surface area contributed by atoms with E-state index in [0.29, 0.717) is 18.4 Å². The Labute approximate surface area is 104 Å². The monoisotopic (exact) mass is 247 g/mol. The van der Waals surface area contributed by atoms with E-state index in [9.17, 15) is 15.0 Å². The van der Waals surface area contributed by atoms with Gasteiger partial charge in [-0.25, -0.2) is 0 Å². The van der Waals surface area contributed by atoms with E-state index < -0.39 is 11.4 Å². The summed E-state index contributed by atoms with van der Waals surface area (Å²) >= 11 is 0. The van der Waals surface area contributed by atoms with Crippen LogP contribution in [0.3, 0.4) is 0 Å². The van der Waals surface area contributed by atoms with Gasteiger partial charge in [0.05, 0.1) is 18.1 Å². The smallest absolute Gasteiger partial charge is 0.314 e. The number of nitrogens with zero attached hydrogens (tertiary/aromatic N) is 1. The molecule has 18 heavy (non-hydrogen) atoms. The molecule has 1 fully saturated rings. The van der Waals surface area contributed by atoms with Crippen LogP contribution in [0.4, 0.5) is 0 Å². The summed E-state index contributed by atoms with van der Waals surface area (Å²) in [5.41, 5.74) is -0.515. The summed E-state index contributed by atoms with van der Waals surface area (Å²) < 4.78 is 4.97. The highest BCUT2D eigenvalue weighted by molar-refractivity contribution is 5.84. The lowest BCUT2D eigenvalue weighted by molar-refractivity contribution is -0.147. The van der Waals surface area contributed by atoms with Crippen molar-refractivity contribution >= 4 is 5.97 Å². The number of phenolic OH excluding ortho intramolecular Hbond substituents is 1. The van der Waals surface area contributed by atoms with E-state index in [2.05, 4.69) is 0 Å². The van der Waals surface area contributed by atoms with Crippen molar-refractivity contribution in [1.82, 2.24) is 0 Å². The standard InChI is InChI=1S/C13H13NO4/c1-18-11-6-10(15)9(5-8(11)7-14)13(12(16)17)3-2-4-13/h5-6,15H,2-4H2,1H3,(H,16,17). The van der Waals surface area contributed by atoms with Gasteiger partial charge in [-0.3, -0.25) is 4.79 Å². The van der Waals surface area contributed by atoms with Gasteiger partial charge in [0.2, 0.25) is 0 Å². The van der Waals surface area contributed by atoms with E-state index in [4.69, 9.17) is 10.00 Å². The van der Waals surface area contributed by atoms with E-state index in [-0.39, 0.29) is 17.1 Å². The third kappa shape index (κ3) is 1.58. The fourth-order valence-corrected chi connectivity index (χ4v) is 2.34. The average molecular weight is 247 g/mol. The number of ether oxygens (including phenoxy) is 1. The van der Waals surface area contributed by atoms with Gasteiger partial charge >= 0.3 is 5.97 Å². The van der Waals surface area contributed by atoms with Gasteiger partial charge in [-0.15, -0.1) is 0 Å². The molecule has 5 heteroatoms. The number of methoxy groups -OCH3 is 1. The number of carboxylic acids is 1. The second-order valence-corrected chi connectivity index (χ2v) is 4.42. The minimum Gasteiger partial charge on any atom is -0.507 e. The van der Waals surface area contributed by atoms with Gasteiger partial charge in [-0.2, -0.15) is 5.26 Å². The molecular weight excluding hydrogens is 234 g/mol. The van der Waals surface area contributed by atoms with Gasteiger partial charge in [0.25, 0.3) is 0 Å². The largest absolute Gasteiger partial charge is 0.507 e. The molecule has 0 atom stereocenters. The van der Waals surface area contributed by atoms with Crippen LogP contribution in [0, 0.1) is 11.3 Å². The summed E-state index contributed by atoms with van der Waals surface area (Å²) in [6, 6.07) is 4.66. The quantitative estimate of drug-likeness (QED) is 0.849. The Bertz CT molecular complexity index is 541. The van der Waals surface area contributed by atoms with Gasteiger partial charge in [0.15, 0.2) is 0 Å². The topological polar surface area (TPSA) is 90.6 Å². The van der Waals surface area contributed by atoms with Gasteiger partial charge in [0.1, 0.15) is 17.6 Å². The number of nitriles is 1. The molecule has 0 unspecified atom stereocenters. The van der Waals surface area contributed by atoms with E-state index in [0.717, 1.165) is 6.42 Å². The summed E-state index contributed by atoms with van der Waals surface area (Å²) in [5, 5.41) is 28.3. The highest BCUT2D eigenvalue weighted by Crippen LogP contribution is 2.48.